The largest absolute Gasteiger partial charge is 0.426 e. The van der Waals surface area contributed by atoms with Crippen LogP contribution in [0.2, 0.25) is 0 Å². The fourth-order valence-electron chi connectivity index (χ4n) is 4.30. The molecule has 2 aliphatic rings. The van der Waals surface area contributed by atoms with Crippen molar-refractivity contribution in [2.24, 2.45) is 17.8 Å². The zero-order chi connectivity index (χ0) is 32.1. The van der Waals surface area contributed by atoms with E-state index in [9.17, 15) is 74.6 Å². The highest BCUT2D eigenvalue weighted by Gasteiger charge is 2.71. The predicted molar refractivity (Wildman–Crippen MR) is 103 cm³/mol. The summed E-state index contributed by atoms with van der Waals surface area (Å²) in [6.45, 7) is 2.75. The van der Waals surface area contributed by atoms with E-state index in [1.54, 1.807) is 0 Å². The number of rotatable bonds is 6. The van der Waals surface area contributed by atoms with Crippen LogP contribution in [0, 0.1) is 17.8 Å². The van der Waals surface area contributed by atoms with E-state index in [1.807, 2.05) is 0 Å². The molecule has 0 amide bonds. The van der Waals surface area contributed by atoms with E-state index in [2.05, 4.69) is 6.58 Å². The second kappa shape index (κ2) is 13.3. The highest BCUT2D eigenvalue weighted by atomic mass is 19.4. The maximum Gasteiger partial charge on any atom is 0.426 e. The van der Waals surface area contributed by atoms with E-state index < -0.39 is 78.7 Å². The van der Waals surface area contributed by atoms with Crippen LogP contribution in [-0.4, -0.2) is 45.9 Å². The molecule has 0 radical (unpaired) electrons. The van der Waals surface area contributed by atoms with Crippen molar-refractivity contribution in [1.82, 2.24) is 0 Å². The minimum atomic E-state index is -5.77. The normalized spacial score (nSPS) is 22.7. The van der Waals surface area contributed by atoms with E-state index >= 15 is 0 Å². The molecule has 0 aliphatic heterocycles. The molecule has 19 heteroatoms. The Morgan fingerprint density at radius 3 is 1.35 bits per heavy atom. The summed E-state index contributed by atoms with van der Waals surface area (Å²) in [4.78, 5) is 0. The van der Waals surface area contributed by atoms with Gasteiger partial charge in [0.25, 0.3) is 11.7 Å². The average Bonchev–Trinajstić information content (AvgIpc) is 3.34. The zero-order valence-corrected chi connectivity index (χ0v) is 19.7. The highest BCUT2D eigenvalue weighted by Crippen LogP contribution is 2.55. The lowest BCUT2D eigenvalue weighted by Gasteiger charge is -2.36. The predicted octanol–water partition coefficient (Wildman–Crippen LogP) is 8.93. The summed E-state index contributed by atoms with van der Waals surface area (Å²) < 4.78 is 202. The SMILES string of the molecule is C=CCC(O)(C(F)(F)F)C(F)(F)C=C(F)F.FC(F)=C(F)F.OC(CC1CC2CCC1C2)(C(F)(F)F)C(F)(F)F. The van der Waals surface area contributed by atoms with Crippen LogP contribution >= 0.6 is 0 Å². The zero-order valence-electron chi connectivity index (χ0n) is 19.7. The van der Waals surface area contributed by atoms with Gasteiger partial charge >= 0.3 is 36.6 Å². The first-order chi connectivity index (χ1) is 17.7. The molecule has 2 rings (SSSR count). The second-order valence-corrected chi connectivity index (χ2v) is 8.92. The Morgan fingerprint density at radius 2 is 1.10 bits per heavy atom. The maximum atomic E-state index is 12.8. The van der Waals surface area contributed by atoms with Crippen molar-refractivity contribution in [1.29, 1.82) is 0 Å². The fourth-order valence-corrected chi connectivity index (χ4v) is 4.30. The van der Waals surface area contributed by atoms with E-state index in [0.29, 0.717) is 25.3 Å². The molecule has 40 heavy (non-hydrogen) atoms. The molecule has 0 saturated heterocycles. The molecule has 2 saturated carbocycles. The van der Waals surface area contributed by atoms with Crippen molar-refractivity contribution in [3.05, 3.63) is 37.0 Å². The summed E-state index contributed by atoms with van der Waals surface area (Å²) in [5.74, 6) is -5.66. The van der Waals surface area contributed by atoms with Gasteiger partial charge in [0.1, 0.15) is 0 Å². The Hall–Kier alpha value is -2.05. The number of hydrogen-bond donors (Lipinski definition) is 2. The summed E-state index contributed by atoms with van der Waals surface area (Å²) >= 11 is 0. The molecule has 0 aromatic carbocycles. The van der Waals surface area contributed by atoms with Crippen molar-refractivity contribution in [3.8, 4) is 0 Å². The standard InChI is InChI=1S/C11H14F6O.C8H7F7O.C2F4/c12-10(13,14)9(18,11(15,16)17)5-8-4-6-1-2-7(8)3-6;1-2-3-6(16,8(13,14)15)7(11,12)4-5(9)10;3-1(4)2(5)6/h6-8,18H,1-5H2;2,4,16H,1,3H2;. The van der Waals surface area contributed by atoms with E-state index in [4.69, 9.17) is 10.2 Å². The lowest BCUT2D eigenvalue weighted by Crippen LogP contribution is -2.58. The molecular weight excluding hydrogens is 607 g/mol. The van der Waals surface area contributed by atoms with Gasteiger partial charge in [-0.3, -0.25) is 0 Å². The van der Waals surface area contributed by atoms with Gasteiger partial charge in [0.15, 0.2) is 0 Å². The second-order valence-electron chi connectivity index (χ2n) is 8.92. The number of aliphatic hydroxyl groups is 2. The van der Waals surface area contributed by atoms with Crippen LogP contribution in [0.5, 0.6) is 0 Å². The molecule has 2 bridgehead atoms. The van der Waals surface area contributed by atoms with Crippen molar-refractivity contribution in [3.63, 3.8) is 0 Å². The van der Waals surface area contributed by atoms with Crippen molar-refractivity contribution in [2.75, 3.05) is 0 Å². The van der Waals surface area contributed by atoms with E-state index in [1.165, 1.54) is 0 Å². The van der Waals surface area contributed by atoms with Crippen LogP contribution in [0.25, 0.3) is 0 Å². The lowest BCUT2D eigenvalue weighted by atomic mass is 9.79. The lowest BCUT2D eigenvalue weighted by molar-refractivity contribution is -0.373. The molecule has 0 spiro atoms. The van der Waals surface area contributed by atoms with E-state index in [0.717, 1.165) is 6.42 Å². The molecule has 2 nitrogen and oxygen atoms in total. The number of halogens is 17. The third kappa shape index (κ3) is 9.24. The fraction of sp³-hybridized carbons (Fsp3) is 0.714. The van der Waals surface area contributed by atoms with Gasteiger partial charge in [-0.05, 0) is 43.4 Å². The first-order valence-electron chi connectivity index (χ1n) is 10.7. The Morgan fingerprint density at radius 1 is 0.675 bits per heavy atom. The maximum absolute atomic E-state index is 12.8. The van der Waals surface area contributed by atoms with E-state index in [-0.39, 0.29) is 11.8 Å². The summed E-state index contributed by atoms with van der Waals surface area (Å²) in [6.07, 6.45) is -27.0. The smallest absolute Gasteiger partial charge is 0.375 e. The molecular formula is C21H21F17O2. The molecule has 0 heterocycles. The van der Waals surface area contributed by atoms with Crippen molar-refractivity contribution >= 4 is 0 Å². The molecule has 4 atom stereocenters. The minimum absolute atomic E-state index is 0.0915. The topological polar surface area (TPSA) is 40.5 Å². The van der Waals surface area contributed by atoms with Gasteiger partial charge in [-0.1, -0.05) is 12.5 Å². The Labute approximate surface area is 214 Å². The van der Waals surface area contributed by atoms with Gasteiger partial charge < -0.3 is 10.2 Å². The van der Waals surface area contributed by atoms with Crippen LogP contribution in [0.4, 0.5) is 74.6 Å². The summed E-state index contributed by atoms with van der Waals surface area (Å²) in [6, 6.07) is 0. The van der Waals surface area contributed by atoms with Gasteiger partial charge in [-0.25, -0.2) is 0 Å². The number of hydrogen-bond acceptors (Lipinski definition) is 2. The van der Waals surface area contributed by atoms with Crippen molar-refractivity contribution in [2.45, 2.75) is 74.2 Å². The minimum Gasteiger partial charge on any atom is -0.375 e. The monoisotopic (exact) mass is 628 g/mol. The Kier molecular flexibility index (Phi) is 12.6. The first kappa shape index (κ1) is 37.9. The molecule has 0 aromatic rings. The summed E-state index contributed by atoms with van der Waals surface area (Å²) in [5.41, 5.74) is -9.15. The van der Waals surface area contributed by atoms with Crippen molar-refractivity contribution < 1.29 is 84.9 Å². The van der Waals surface area contributed by atoms with Gasteiger partial charge in [-0.2, -0.15) is 74.6 Å². The molecule has 4 unspecified atom stereocenters. The van der Waals surface area contributed by atoms with Crippen LogP contribution in [0.3, 0.4) is 0 Å². The molecule has 0 aromatic heterocycles. The van der Waals surface area contributed by atoms with Gasteiger partial charge in [0.05, 0.1) is 6.08 Å². The molecule has 2 fully saturated rings. The first-order valence-corrected chi connectivity index (χ1v) is 10.7. The number of fused-ring (bicyclic) bond motifs is 2. The van der Waals surface area contributed by atoms with Crippen LogP contribution < -0.4 is 0 Å². The van der Waals surface area contributed by atoms with Crippen LogP contribution in [0.1, 0.15) is 38.5 Å². The molecule has 2 aliphatic carbocycles. The quantitative estimate of drug-likeness (QED) is 0.228. The number of alkyl halides is 11. The van der Waals surface area contributed by atoms with Crippen LogP contribution in [0.15, 0.2) is 37.0 Å². The third-order valence-electron chi connectivity index (χ3n) is 6.27. The van der Waals surface area contributed by atoms with Gasteiger partial charge in [0, 0.05) is 6.42 Å². The highest BCUT2D eigenvalue weighted by molar-refractivity contribution is 5.12. The van der Waals surface area contributed by atoms with Gasteiger partial charge in [0.2, 0.25) is 5.60 Å². The molecule has 2 N–H and O–H groups in total. The molecule has 236 valence electrons. The third-order valence-corrected chi connectivity index (χ3v) is 6.27. The Balaban J connectivity index is 0.000000638. The summed E-state index contributed by atoms with van der Waals surface area (Å²) in [7, 11) is 0. The van der Waals surface area contributed by atoms with Crippen LogP contribution in [-0.2, 0) is 0 Å². The summed E-state index contributed by atoms with van der Waals surface area (Å²) in [5, 5.41) is 17.9. The average molecular weight is 628 g/mol. The Bertz CT molecular complexity index is 866. The van der Waals surface area contributed by atoms with Gasteiger partial charge in [-0.15, -0.1) is 6.58 Å².